The van der Waals surface area contributed by atoms with E-state index in [2.05, 4.69) is 14.6 Å². The first-order valence-electron chi connectivity index (χ1n) is 6.78. The summed E-state index contributed by atoms with van der Waals surface area (Å²) in [5, 5.41) is 8.92. The Hall–Kier alpha value is -1.03. The van der Waals surface area contributed by atoms with Crippen molar-refractivity contribution in [2.45, 2.75) is 35.9 Å². The number of aromatic carboxylic acids is 1. The summed E-state index contributed by atoms with van der Waals surface area (Å²) in [4.78, 5) is 16.7. The zero-order valence-electron chi connectivity index (χ0n) is 11.8. The van der Waals surface area contributed by atoms with Gasteiger partial charge in [0.05, 0.1) is 5.51 Å². The molecule has 1 aliphatic carbocycles. The summed E-state index contributed by atoms with van der Waals surface area (Å²) in [7, 11) is -1.83. The molecule has 0 radical (unpaired) electrons. The third-order valence-corrected chi connectivity index (χ3v) is 6.52. The molecule has 0 aliphatic heterocycles. The van der Waals surface area contributed by atoms with E-state index in [1.54, 1.807) is 0 Å². The van der Waals surface area contributed by atoms with Crippen molar-refractivity contribution in [2.24, 2.45) is 0 Å². The van der Waals surface area contributed by atoms with Crippen LogP contribution in [0.3, 0.4) is 0 Å². The van der Waals surface area contributed by atoms with Gasteiger partial charge in [-0.05, 0) is 19.9 Å². The maximum Gasteiger partial charge on any atom is 0.356 e. The van der Waals surface area contributed by atoms with E-state index in [0.29, 0.717) is 12.6 Å². The summed E-state index contributed by atoms with van der Waals surface area (Å²) < 4.78 is 26.4. The molecule has 0 aromatic carbocycles. The van der Waals surface area contributed by atoms with Crippen LogP contribution in [0.15, 0.2) is 9.72 Å². The van der Waals surface area contributed by atoms with Crippen molar-refractivity contribution in [1.82, 2.24) is 14.6 Å². The summed E-state index contributed by atoms with van der Waals surface area (Å²) >= 11 is 0.813. The van der Waals surface area contributed by atoms with E-state index in [9.17, 15) is 13.2 Å². The molecule has 1 aromatic rings. The number of sulfonamides is 1. The normalized spacial score (nSPS) is 16.7. The summed E-state index contributed by atoms with van der Waals surface area (Å²) in [6, 6.07) is 0.521. The van der Waals surface area contributed by atoms with Gasteiger partial charge in [-0.15, -0.1) is 11.3 Å². The predicted octanol–water partition coefficient (Wildman–Crippen LogP) is 0.994. The Morgan fingerprint density at radius 1 is 1.52 bits per heavy atom. The second-order valence-electron chi connectivity index (χ2n) is 5.11. The number of nitrogens with zero attached hydrogens (tertiary/aromatic N) is 2. The lowest BCUT2D eigenvalue weighted by Gasteiger charge is -2.23. The molecular formula is C12H19N3O4S2. The molecule has 7 nitrogen and oxygen atoms in total. The Bertz CT molecular complexity index is 593. The Morgan fingerprint density at radius 3 is 2.81 bits per heavy atom. The minimum atomic E-state index is -3.81. The van der Waals surface area contributed by atoms with Crippen LogP contribution in [0.4, 0.5) is 0 Å². The second-order valence-corrected chi connectivity index (χ2v) is 7.93. The highest BCUT2D eigenvalue weighted by Gasteiger charge is 2.26. The minimum absolute atomic E-state index is 0.237. The monoisotopic (exact) mass is 333 g/mol. The Kier molecular flexibility index (Phi) is 5.31. The highest BCUT2D eigenvalue weighted by molar-refractivity contribution is 7.91. The molecule has 2 N–H and O–H groups in total. The number of thiazole rings is 1. The van der Waals surface area contributed by atoms with E-state index in [4.69, 9.17) is 5.11 Å². The number of hydrogen-bond acceptors (Lipinski definition) is 6. The van der Waals surface area contributed by atoms with Gasteiger partial charge in [-0.25, -0.2) is 22.9 Å². The van der Waals surface area contributed by atoms with Gasteiger partial charge in [0.25, 0.3) is 10.0 Å². The molecule has 0 amide bonds. The van der Waals surface area contributed by atoms with Crippen molar-refractivity contribution in [1.29, 1.82) is 0 Å². The van der Waals surface area contributed by atoms with Gasteiger partial charge in [0.2, 0.25) is 0 Å². The fraction of sp³-hybridized carbons (Fsp3) is 0.667. The van der Waals surface area contributed by atoms with Gasteiger partial charge in [-0.2, -0.15) is 0 Å². The average molecular weight is 333 g/mol. The van der Waals surface area contributed by atoms with E-state index < -0.39 is 21.7 Å². The molecule has 1 aliphatic rings. The molecular weight excluding hydrogens is 314 g/mol. The Labute approximate surface area is 128 Å². The quantitative estimate of drug-likeness (QED) is 0.772. The maximum atomic E-state index is 12.1. The van der Waals surface area contributed by atoms with E-state index >= 15 is 0 Å². The third kappa shape index (κ3) is 4.00. The van der Waals surface area contributed by atoms with Crippen LogP contribution in [0.25, 0.3) is 0 Å². The van der Waals surface area contributed by atoms with Crippen LogP contribution in [0, 0.1) is 0 Å². The largest absolute Gasteiger partial charge is 0.476 e. The SMILES string of the molecule is CN(CCNS(=O)(=O)c1scnc1C(=O)O)C1CCCC1. The maximum absolute atomic E-state index is 12.1. The Morgan fingerprint density at radius 2 is 2.19 bits per heavy atom. The van der Waals surface area contributed by atoms with Crippen molar-refractivity contribution in [3.63, 3.8) is 0 Å². The molecule has 0 spiro atoms. The van der Waals surface area contributed by atoms with Crippen molar-refractivity contribution >= 4 is 27.3 Å². The van der Waals surface area contributed by atoms with E-state index in [-0.39, 0.29) is 10.8 Å². The first-order valence-corrected chi connectivity index (χ1v) is 9.15. The molecule has 1 saturated carbocycles. The number of nitrogens with one attached hydrogen (secondary N) is 1. The predicted molar refractivity (Wildman–Crippen MR) is 79.1 cm³/mol. The van der Waals surface area contributed by atoms with Crippen molar-refractivity contribution in [3.8, 4) is 0 Å². The molecule has 0 atom stereocenters. The lowest BCUT2D eigenvalue weighted by Crippen LogP contribution is -2.37. The fourth-order valence-electron chi connectivity index (χ4n) is 2.52. The number of aromatic nitrogens is 1. The number of carbonyl (C=O) groups is 1. The van der Waals surface area contributed by atoms with Crippen LogP contribution in [0.2, 0.25) is 0 Å². The van der Waals surface area contributed by atoms with E-state index in [1.807, 2.05) is 7.05 Å². The van der Waals surface area contributed by atoms with Crippen LogP contribution >= 0.6 is 11.3 Å². The van der Waals surface area contributed by atoms with Gasteiger partial charge in [0, 0.05) is 19.1 Å². The highest BCUT2D eigenvalue weighted by atomic mass is 32.2. The lowest BCUT2D eigenvalue weighted by molar-refractivity contribution is 0.0687. The van der Waals surface area contributed by atoms with Crippen LogP contribution in [-0.2, 0) is 10.0 Å². The van der Waals surface area contributed by atoms with Crippen molar-refractivity contribution in [3.05, 3.63) is 11.2 Å². The Balaban J connectivity index is 1.92. The van der Waals surface area contributed by atoms with Gasteiger partial charge >= 0.3 is 5.97 Å². The van der Waals surface area contributed by atoms with Crippen molar-refractivity contribution < 1.29 is 18.3 Å². The lowest BCUT2D eigenvalue weighted by atomic mass is 10.2. The number of hydrogen-bond donors (Lipinski definition) is 2. The van der Waals surface area contributed by atoms with E-state index in [0.717, 1.165) is 24.2 Å². The molecule has 2 rings (SSSR count). The average Bonchev–Trinajstić information content (AvgIpc) is 3.10. The smallest absolute Gasteiger partial charge is 0.356 e. The van der Waals surface area contributed by atoms with E-state index in [1.165, 1.54) is 18.4 Å². The molecule has 1 heterocycles. The minimum Gasteiger partial charge on any atom is -0.476 e. The van der Waals surface area contributed by atoms with Gasteiger partial charge in [-0.1, -0.05) is 12.8 Å². The number of carboxylic acid groups (broad SMARTS) is 1. The first-order chi connectivity index (χ1) is 9.92. The topological polar surface area (TPSA) is 99.6 Å². The zero-order chi connectivity index (χ0) is 15.5. The van der Waals surface area contributed by atoms with Crippen molar-refractivity contribution in [2.75, 3.05) is 20.1 Å². The molecule has 1 fully saturated rings. The number of rotatable bonds is 7. The molecule has 0 saturated heterocycles. The number of carboxylic acids is 1. The second kappa shape index (κ2) is 6.82. The molecule has 118 valence electrons. The van der Waals surface area contributed by atoms with Gasteiger partial charge in [-0.3, -0.25) is 0 Å². The zero-order valence-corrected chi connectivity index (χ0v) is 13.4. The highest BCUT2D eigenvalue weighted by Crippen LogP contribution is 2.22. The summed E-state index contributed by atoms with van der Waals surface area (Å²) in [5.41, 5.74) is 0.805. The fourth-order valence-corrected chi connectivity index (χ4v) is 4.72. The summed E-state index contributed by atoms with van der Waals surface area (Å²) in [6.07, 6.45) is 4.76. The summed E-state index contributed by atoms with van der Waals surface area (Å²) in [5.74, 6) is -1.33. The molecule has 9 heteroatoms. The third-order valence-electron chi connectivity index (χ3n) is 3.69. The molecule has 1 aromatic heterocycles. The van der Waals surface area contributed by atoms with Crippen LogP contribution < -0.4 is 4.72 Å². The van der Waals surface area contributed by atoms with Gasteiger partial charge < -0.3 is 10.0 Å². The van der Waals surface area contributed by atoms with Gasteiger partial charge in [0.15, 0.2) is 9.90 Å². The van der Waals surface area contributed by atoms with Crippen LogP contribution in [0.5, 0.6) is 0 Å². The number of likely N-dealkylation sites (N-methyl/N-ethyl adjacent to an activating group) is 1. The molecule has 21 heavy (non-hydrogen) atoms. The van der Waals surface area contributed by atoms with Gasteiger partial charge in [0.1, 0.15) is 0 Å². The molecule has 0 unspecified atom stereocenters. The molecule has 0 bridgehead atoms. The van der Waals surface area contributed by atoms with Crippen LogP contribution in [-0.4, -0.2) is 55.6 Å². The van der Waals surface area contributed by atoms with Crippen LogP contribution in [0.1, 0.15) is 36.2 Å². The standard InChI is InChI=1S/C12H19N3O4S2/c1-15(9-4-2-3-5-9)7-6-14-21(18,19)12-10(11(16)17)13-8-20-12/h8-9,14H,2-7H2,1H3,(H,16,17). The first kappa shape index (κ1) is 16.3. The summed E-state index contributed by atoms with van der Waals surface area (Å²) in [6.45, 7) is 0.859.